The van der Waals surface area contributed by atoms with Crippen LogP contribution in [0.15, 0.2) is 48.5 Å². The molecule has 1 aromatic heterocycles. The van der Waals surface area contributed by atoms with E-state index in [0.29, 0.717) is 10.1 Å². The highest BCUT2D eigenvalue weighted by Crippen LogP contribution is 2.43. The zero-order chi connectivity index (χ0) is 13.2. The Bertz CT molecular complexity index is 704. The van der Waals surface area contributed by atoms with E-state index in [1.165, 1.54) is 0 Å². The summed E-state index contributed by atoms with van der Waals surface area (Å²) in [6.45, 7) is 0. The van der Waals surface area contributed by atoms with Crippen molar-refractivity contribution in [1.82, 2.24) is 0 Å². The molecule has 2 nitrogen and oxygen atoms in total. The van der Waals surface area contributed by atoms with E-state index in [0.717, 1.165) is 21.6 Å². The molecule has 0 radical (unpaired) electrons. The normalized spacial score (nSPS) is 10.6. The molecule has 0 N–H and O–H groups in total. The summed E-state index contributed by atoms with van der Waals surface area (Å²) in [7, 11) is 1.64. The summed E-state index contributed by atoms with van der Waals surface area (Å²) in [4.78, 5) is 0. The van der Waals surface area contributed by atoms with Crippen LogP contribution >= 0.6 is 22.9 Å². The first-order chi connectivity index (χ1) is 9.28. The third-order valence-corrected chi connectivity index (χ3v) is 4.31. The first-order valence-corrected chi connectivity index (χ1v) is 6.96. The molecule has 0 saturated carbocycles. The lowest BCUT2D eigenvalue weighted by atomic mass is 10.3. The molecule has 0 aliphatic carbocycles. The number of thiophene rings is 1. The van der Waals surface area contributed by atoms with Crippen LogP contribution in [0.2, 0.25) is 5.02 Å². The summed E-state index contributed by atoms with van der Waals surface area (Å²) in [6, 6.07) is 15.4. The maximum atomic E-state index is 6.33. The highest BCUT2D eigenvalue weighted by Gasteiger charge is 2.11. The molecule has 19 heavy (non-hydrogen) atoms. The van der Waals surface area contributed by atoms with Gasteiger partial charge in [-0.05, 0) is 30.3 Å². The van der Waals surface area contributed by atoms with Gasteiger partial charge in [0.1, 0.15) is 16.5 Å². The number of hydrogen-bond donors (Lipinski definition) is 0. The van der Waals surface area contributed by atoms with E-state index < -0.39 is 0 Å². The molecule has 0 amide bonds. The van der Waals surface area contributed by atoms with Crippen LogP contribution in [-0.4, -0.2) is 7.11 Å². The van der Waals surface area contributed by atoms with Crippen molar-refractivity contribution in [3.8, 4) is 16.6 Å². The van der Waals surface area contributed by atoms with Gasteiger partial charge in [0.25, 0.3) is 0 Å². The van der Waals surface area contributed by atoms with Crippen LogP contribution in [0.3, 0.4) is 0 Å². The Labute approximate surface area is 120 Å². The lowest BCUT2D eigenvalue weighted by Crippen LogP contribution is -1.84. The summed E-state index contributed by atoms with van der Waals surface area (Å²) in [5.74, 6) is 1.55. The maximum Gasteiger partial charge on any atom is 0.200 e. The van der Waals surface area contributed by atoms with Gasteiger partial charge in [0.15, 0.2) is 0 Å². The van der Waals surface area contributed by atoms with Gasteiger partial charge >= 0.3 is 0 Å². The Kier molecular flexibility index (Phi) is 3.32. The first kappa shape index (κ1) is 12.3. The van der Waals surface area contributed by atoms with E-state index in [1.54, 1.807) is 18.4 Å². The summed E-state index contributed by atoms with van der Waals surface area (Å²) in [5.41, 5.74) is 0. The molecule has 0 fully saturated rings. The van der Waals surface area contributed by atoms with Gasteiger partial charge in [-0.1, -0.05) is 41.1 Å². The van der Waals surface area contributed by atoms with Crippen molar-refractivity contribution >= 4 is 33.0 Å². The maximum absolute atomic E-state index is 6.33. The minimum absolute atomic E-state index is 0.663. The molecule has 3 aromatic rings. The molecule has 3 rings (SSSR count). The van der Waals surface area contributed by atoms with Crippen molar-refractivity contribution in [2.45, 2.75) is 0 Å². The number of rotatable bonds is 3. The summed E-state index contributed by atoms with van der Waals surface area (Å²) >= 11 is 7.87. The minimum Gasteiger partial charge on any atom is -0.497 e. The molecule has 0 saturated heterocycles. The van der Waals surface area contributed by atoms with Crippen molar-refractivity contribution in [1.29, 1.82) is 0 Å². The van der Waals surface area contributed by atoms with Crippen molar-refractivity contribution in [3.63, 3.8) is 0 Å². The molecule has 0 unspecified atom stereocenters. The van der Waals surface area contributed by atoms with Crippen molar-refractivity contribution in [3.05, 3.63) is 53.6 Å². The van der Waals surface area contributed by atoms with Crippen LogP contribution < -0.4 is 9.47 Å². The standard InChI is InChI=1S/C15H11ClO2S/c1-17-10-6-8-11(9-7-10)18-15-14(16)12-4-2-3-5-13(12)19-15/h2-9H,1H3. The van der Waals surface area contributed by atoms with Crippen LogP contribution in [0.4, 0.5) is 0 Å². The molecular formula is C15H11ClO2S. The molecule has 96 valence electrons. The fourth-order valence-electron chi connectivity index (χ4n) is 1.81. The second kappa shape index (κ2) is 5.11. The van der Waals surface area contributed by atoms with Crippen molar-refractivity contribution in [2.75, 3.05) is 7.11 Å². The van der Waals surface area contributed by atoms with E-state index in [1.807, 2.05) is 48.5 Å². The minimum atomic E-state index is 0.663. The molecular weight excluding hydrogens is 280 g/mol. The number of halogens is 1. The number of methoxy groups -OCH3 is 1. The zero-order valence-electron chi connectivity index (χ0n) is 10.2. The zero-order valence-corrected chi connectivity index (χ0v) is 11.8. The van der Waals surface area contributed by atoms with Gasteiger partial charge in [-0.2, -0.15) is 0 Å². The van der Waals surface area contributed by atoms with Gasteiger partial charge in [-0.3, -0.25) is 0 Å². The Balaban J connectivity index is 1.94. The fraction of sp³-hybridized carbons (Fsp3) is 0.0667. The molecule has 2 aromatic carbocycles. The monoisotopic (exact) mass is 290 g/mol. The van der Waals surface area contributed by atoms with Crippen LogP contribution in [0.1, 0.15) is 0 Å². The summed E-state index contributed by atoms with van der Waals surface area (Å²) in [6.07, 6.45) is 0. The quantitative estimate of drug-likeness (QED) is 0.647. The van der Waals surface area contributed by atoms with Gasteiger partial charge in [-0.15, -0.1) is 0 Å². The van der Waals surface area contributed by atoms with Crippen LogP contribution in [0.5, 0.6) is 16.6 Å². The van der Waals surface area contributed by atoms with E-state index in [9.17, 15) is 0 Å². The Morgan fingerprint density at radius 3 is 2.32 bits per heavy atom. The van der Waals surface area contributed by atoms with Crippen LogP contribution in [0, 0.1) is 0 Å². The van der Waals surface area contributed by atoms with E-state index in [4.69, 9.17) is 21.1 Å². The van der Waals surface area contributed by atoms with Gasteiger partial charge in [0.05, 0.1) is 7.11 Å². The Morgan fingerprint density at radius 2 is 1.63 bits per heavy atom. The highest BCUT2D eigenvalue weighted by molar-refractivity contribution is 7.21. The van der Waals surface area contributed by atoms with Crippen molar-refractivity contribution in [2.24, 2.45) is 0 Å². The number of benzene rings is 2. The van der Waals surface area contributed by atoms with Crippen LogP contribution in [0.25, 0.3) is 10.1 Å². The van der Waals surface area contributed by atoms with E-state index in [-0.39, 0.29) is 0 Å². The predicted molar refractivity (Wildman–Crippen MR) is 79.9 cm³/mol. The molecule has 0 aliphatic rings. The van der Waals surface area contributed by atoms with E-state index in [2.05, 4.69) is 0 Å². The van der Waals surface area contributed by atoms with E-state index >= 15 is 0 Å². The lowest BCUT2D eigenvalue weighted by molar-refractivity contribution is 0.413. The molecule has 0 aliphatic heterocycles. The topological polar surface area (TPSA) is 18.5 Å². The smallest absolute Gasteiger partial charge is 0.200 e. The SMILES string of the molecule is COc1ccc(Oc2sc3ccccc3c2Cl)cc1. The van der Waals surface area contributed by atoms with Gasteiger partial charge in [-0.25, -0.2) is 0 Å². The van der Waals surface area contributed by atoms with Gasteiger partial charge < -0.3 is 9.47 Å². The molecule has 0 spiro atoms. The second-order valence-corrected chi connectivity index (χ2v) is 5.37. The average molecular weight is 291 g/mol. The summed E-state index contributed by atoms with van der Waals surface area (Å²) < 4.78 is 12.1. The van der Waals surface area contributed by atoms with Gasteiger partial charge in [0, 0.05) is 10.1 Å². The Hall–Kier alpha value is -1.71. The van der Waals surface area contributed by atoms with Crippen LogP contribution in [-0.2, 0) is 0 Å². The fourth-order valence-corrected chi connectivity index (χ4v) is 3.15. The Morgan fingerprint density at radius 1 is 0.947 bits per heavy atom. The lowest BCUT2D eigenvalue weighted by Gasteiger charge is -2.04. The third-order valence-electron chi connectivity index (χ3n) is 2.78. The molecule has 0 bridgehead atoms. The largest absolute Gasteiger partial charge is 0.497 e. The third kappa shape index (κ3) is 2.39. The molecule has 1 heterocycles. The first-order valence-electron chi connectivity index (χ1n) is 5.77. The highest BCUT2D eigenvalue weighted by atomic mass is 35.5. The van der Waals surface area contributed by atoms with Crippen molar-refractivity contribution < 1.29 is 9.47 Å². The van der Waals surface area contributed by atoms with Gasteiger partial charge in [0.2, 0.25) is 5.06 Å². The average Bonchev–Trinajstić information content (AvgIpc) is 2.77. The molecule has 0 atom stereocenters. The molecule has 4 heteroatoms. The summed E-state index contributed by atoms with van der Waals surface area (Å²) in [5, 5.41) is 2.40. The number of fused-ring (bicyclic) bond motifs is 1. The number of hydrogen-bond acceptors (Lipinski definition) is 3. The number of ether oxygens (including phenoxy) is 2. The predicted octanol–water partition coefficient (Wildman–Crippen LogP) is 5.36. The second-order valence-electron chi connectivity index (χ2n) is 3.98.